The number of hydrogen-bond donors (Lipinski definition) is 2. The fourth-order valence-corrected chi connectivity index (χ4v) is 10.0. The van der Waals surface area contributed by atoms with E-state index in [-0.39, 0.29) is 43.0 Å². The standard InChI is InChI=1S/C45H50F2N10O5/c1-26-17-29-19-36(49-26)32-22-48-53(2)44(32)61-25-28-4-3-27(18-28)23-57-39-20-30(5-7-35(39)50-45(57)52-42(29)59)54-13-15-55(16-14-54)38-11-12-56(24-34(38)47)37-8-6-31(21-33(37)46)62-40-9-10-41(58)51-43(40)60/h5-8,17,19-22,27-28,34,38,40H,3-4,9-16,18,23-25H2,1-2H3,(H,50,52,59)(H,51,58,60)/t27-,28+,34+,38-,40?/m1/s1. The molecule has 2 N–H and O–H groups in total. The maximum Gasteiger partial charge on any atom is 0.267 e. The number of hydrogen-bond acceptors (Lipinski definition) is 11. The van der Waals surface area contributed by atoms with Crippen LogP contribution in [0.2, 0.25) is 0 Å². The first kappa shape index (κ1) is 40.0. The first-order valence-electron chi connectivity index (χ1n) is 21.7. The van der Waals surface area contributed by atoms with Gasteiger partial charge in [0.2, 0.25) is 17.7 Å². The minimum Gasteiger partial charge on any atom is -0.480 e. The maximum absolute atomic E-state index is 16.0. The number of rotatable bonds is 5. The number of halogens is 2. The smallest absolute Gasteiger partial charge is 0.267 e. The van der Waals surface area contributed by atoms with Crippen LogP contribution in [0.4, 0.5) is 26.1 Å². The van der Waals surface area contributed by atoms with Crippen LogP contribution in [0.25, 0.3) is 22.3 Å². The van der Waals surface area contributed by atoms with Crippen LogP contribution in [-0.2, 0) is 23.2 Å². The van der Waals surface area contributed by atoms with Crippen molar-refractivity contribution >= 4 is 46.1 Å². The lowest BCUT2D eigenvalue weighted by molar-refractivity contribution is -0.138. The summed E-state index contributed by atoms with van der Waals surface area (Å²) >= 11 is 0. The van der Waals surface area contributed by atoms with E-state index in [0.29, 0.717) is 98.6 Å². The molecule has 4 bridgehead atoms. The van der Waals surface area contributed by atoms with Crippen molar-refractivity contribution in [2.75, 3.05) is 61.0 Å². The molecular weight excluding hydrogens is 799 g/mol. The summed E-state index contributed by atoms with van der Waals surface area (Å²) in [5, 5.41) is 9.84. The molecule has 3 amide bonds. The lowest BCUT2D eigenvalue weighted by Crippen LogP contribution is -2.58. The van der Waals surface area contributed by atoms with Crippen LogP contribution in [0.3, 0.4) is 0 Å². The number of imidazole rings is 1. The van der Waals surface area contributed by atoms with Crippen molar-refractivity contribution in [2.45, 2.75) is 70.3 Å². The largest absolute Gasteiger partial charge is 0.480 e. The van der Waals surface area contributed by atoms with Crippen LogP contribution in [0, 0.1) is 24.6 Å². The monoisotopic (exact) mass is 848 g/mol. The molecule has 7 heterocycles. The van der Waals surface area contributed by atoms with Gasteiger partial charge >= 0.3 is 0 Å². The number of aryl methyl sites for hydroxylation is 2. The number of piperidine rings is 2. The quantitative estimate of drug-likeness (QED) is 0.223. The Bertz CT molecular complexity index is 2550. The predicted molar refractivity (Wildman–Crippen MR) is 228 cm³/mol. The number of alkyl halides is 1. The third-order valence-electron chi connectivity index (χ3n) is 13.3. The number of piperazine rings is 1. The molecule has 10 rings (SSSR count). The molecule has 1 saturated carbocycles. The van der Waals surface area contributed by atoms with Crippen molar-refractivity contribution in [3.05, 3.63) is 71.8 Å². The van der Waals surface area contributed by atoms with Crippen LogP contribution in [0.1, 0.15) is 54.6 Å². The van der Waals surface area contributed by atoms with Gasteiger partial charge < -0.3 is 23.8 Å². The molecule has 3 saturated heterocycles. The van der Waals surface area contributed by atoms with Crippen molar-refractivity contribution in [1.29, 1.82) is 0 Å². The zero-order chi connectivity index (χ0) is 42.6. The van der Waals surface area contributed by atoms with Crippen LogP contribution in [0.5, 0.6) is 11.6 Å². The van der Waals surface area contributed by atoms with Gasteiger partial charge in [-0.05, 0) is 86.9 Å². The Morgan fingerprint density at radius 1 is 0.871 bits per heavy atom. The third kappa shape index (κ3) is 7.82. The molecule has 1 unspecified atom stereocenters. The molecule has 5 aromatic rings. The molecule has 324 valence electrons. The first-order valence-corrected chi connectivity index (χ1v) is 21.7. The van der Waals surface area contributed by atoms with E-state index in [4.69, 9.17) is 19.4 Å². The Hall–Kier alpha value is -6.10. The number of nitrogens with zero attached hydrogens (tertiary/aromatic N) is 8. The minimum atomic E-state index is -1.18. The summed E-state index contributed by atoms with van der Waals surface area (Å²) in [5.74, 6) is 0.386. The number of fused-ring (bicyclic) bond motifs is 9. The van der Waals surface area contributed by atoms with Gasteiger partial charge in [0.1, 0.15) is 17.7 Å². The number of pyridine rings is 1. The Kier molecular flexibility index (Phi) is 10.5. The van der Waals surface area contributed by atoms with E-state index in [2.05, 4.69) is 42.2 Å². The Balaban J connectivity index is 0.819. The molecule has 5 atom stereocenters. The Morgan fingerprint density at radius 3 is 2.52 bits per heavy atom. The summed E-state index contributed by atoms with van der Waals surface area (Å²) in [7, 11) is 1.86. The molecule has 4 fully saturated rings. The highest BCUT2D eigenvalue weighted by Gasteiger charge is 2.37. The molecule has 4 aliphatic heterocycles. The van der Waals surface area contributed by atoms with Gasteiger partial charge in [0.25, 0.3) is 11.8 Å². The predicted octanol–water partition coefficient (Wildman–Crippen LogP) is 5.26. The number of aromatic nitrogens is 5. The van der Waals surface area contributed by atoms with Crippen LogP contribution >= 0.6 is 0 Å². The van der Waals surface area contributed by atoms with E-state index in [1.807, 2.05) is 20.0 Å². The fraction of sp³-hybridized carbons (Fsp3) is 0.467. The third-order valence-corrected chi connectivity index (χ3v) is 13.3. The van der Waals surface area contributed by atoms with E-state index in [9.17, 15) is 14.4 Å². The second kappa shape index (κ2) is 16.3. The van der Waals surface area contributed by atoms with Crippen LogP contribution in [-0.4, -0.2) is 111 Å². The van der Waals surface area contributed by atoms with Gasteiger partial charge in [-0.25, -0.2) is 18.4 Å². The second-order valence-corrected chi connectivity index (χ2v) is 17.4. The Morgan fingerprint density at radius 2 is 1.71 bits per heavy atom. The average molecular weight is 849 g/mol. The summed E-state index contributed by atoms with van der Waals surface area (Å²) in [5.41, 5.74) is 5.64. The van der Waals surface area contributed by atoms with Crippen LogP contribution < -0.4 is 29.9 Å². The number of imide groups is 1. The zero-order valence-electron chi connectivity index (χ0n) is 34.9. The molecule has 62 heavy (non-hydrogen) atoms. The van der Waals surface area contributed by atoms with E-state index < -0.39 is 24.0 Å². The van der Waals surface area contributed by atoms with E-state index in [1.165, 1.54) is 6.07 Å². The highest BCUT2D eigenvalue weighted by atomic mass is 19.1. The Labute approximate surface area is 357 Å². The summed E-state index contributed by atoms with van der Waals surface area (Å²) < 4.78 is 47.3. The van der Waals surface area contributed by atoms with E-state index >= 15 is 8.78 Å². The van der Waals surface area contributed by atoms with Crippen molar-refractivity contribution in [2.24, 2.45) is 18.9 Å². The number of carbonyl (C=O) groups is 3. The normalized spacial score (nSPS) is 24.7. The van der Waals surface area contributed by atoms with Crippen molar-refractivity contribution in [1.82, 2.24) is 34.5 Å². The number of amides is 3. The number of ether oxygens (including phenoxy) is 2. The average Bonchev–Trinajstić information content (AvgIpc) is 3.97. The van der Waals surface area contributed by atoms with Gasteiger partial charge in [0.15, 0.2) is 6.10 Å². The van der Waals surface area contributed by atoms with Gasteiger partial charge in [-0.1, -0.05) is 0 Å². The highest BCUT2D eigenvalue weighted by Crippen LogP contribution is 2.38. The summed E-state index contributed by atoms with van der Waals surface area (Å²) in [6, 6.07) is 13.9. The molecule has 0 spiro atoms. The van der Waals surface area contributed by atoms with Gasteiger partial charge in [-0.15, -0.1) is 0 Å². The maximum atomic E-state index is 16.0. The molecule has 5 aliphatic rings. The topological polar surface area (TPSA) is 152 Å². The van der Waals surface area contributed by atoms with E-state index in [1.54, 1.807) is 40.0 Å². The molecule has 17 heteroatoms. The summed E-state index contributed by atoms with van der Waals surface area (Å²) in [4.78, 5) is 53.5. The molecule has 0 radical (unpaired) electrons. The van der Waals surface area contributed by atoms with Gasteiger partial charge in [0.05, 0.1) is 47.3 Å². The molecule has 15 nitrogen and oxygen atoms in total. The highest BCUT2D eigenvalue weighted by molar-refractivity contribution is 6.05. The van der Waals surface area contributed by atoms with E-state index in [0.717, 1.165) is 41.5 Å². The van der Waals surface area contributed by atoms with Crippen molar-refractivity contribution in [3.63, 3.8) is 0 Å². The SMILES string of the molecule is Cc1cc2cc(n1)-c1cnn(C)c1OC[C@H]1CC[C@H](C1)Cn1c(nc3ccc(N4CCN([C@@H]5CCN(c6ccc(OC7CCC(=O)NC7=O)cc6F)C[C@@H]5F)CC4)cc31)NC2=O. The number of anilines is 3. The number of benzene rings is 2. The molecular formula is C45H50F2N10O5. The van der Waals surface area contributed by atoms with Crippen molar-refractivity contribution < 1.29 is 32.6 Å². The lowest BCUT2D eigenvalue weighted by atomic mass is 9.99. The van der Waals surface area contributed by atoms with Crippen LogP contribution in [0.15, 0.2) is 54.7 Å². The molecule has 3 aromatic heterocycles. The summed E-state index contributed by atoms with van der Waals surface area (Å²) in [6.45, 7) is 6.51. The number of nitrogens with one attached hydrogen (secondary N) is 2. The van der Waals surface area contributed by atoms with Crippen molar-refractivity contribution in [3.8, 4) is 22.9 Å². The summed E-state index contributed by atoms with van der Waals surface area (Å²) in [6.07, 6.45) is 3.70. The molecule has 2 aromatic carbocycles. The van der Waals surface area contributed by atoms with Gasteiger partial charge in [-0.3, -0.25) is 34.9 Å². The number of carbonyl (C=O) groups excluding carboxylic acids is 3. The molecule has 1 aliphatic carbocycles. The van der Waals surface area contributed by atoms with Gasteiger partial charge in [0, 0.05) is 88.2 Å². The minimum absolute atomic E-state index is 0.0660. The first-order chi connectivity index (χ1) is 30.0. The second-order valence-electron chi connectivity index (χ2n) is 17.4. The van der Waals surface area contributed by atoms with Gasteiger partial charge in [-0.2, -0.15) is 5.10 Å². The lowest BCUT2D eigenvalue weighted by Gasteiger charge is -2.45. The fourth-order valence-electron chi connectivity index (χ4n) is 10.0. The zero-order valence-corrected chi connectivity index (χ0v) is 34.9.